The smallest absolute Gasteiger partial charge is 0.361 e. The van der Waals surface area contributed by atoms with Crippen LogP contribution in [0.3, 0.4) is 0 Å². The predicted octanol–water partition coefficient (Wildman–Crippen LogP) is 4.73. The second-order valence-electron chi connectivity index (χ2n) is 8.90. The highest BCUT2D eigenvalue weighted by Gasteiger charge is 2.28. The number of carbonyl (C=O) groups excluding carboxylic acids is 1. The van der Waals surface area contributed by atoms with Crippen molar-refractivity contribution in [3.8, 4) is 5.75 Å². The van der Waals surface area contributed by atoms with Crippen LogP contribution in [0.5, 0.6) is 5.75 Å². The molecule has 10 heteroatoms. The van der Waals surface area contributed by atoms with Crippen molar-refractivity contribution in [1.82, 2.24) is 15.0 Å². The molecular weight excluding hydrogens is 498 g/mol. The molecule has 8 nitrogen and oxygen atoms in total. The Labute approximate surface area is 216 Å². The van der Waals surface area contributed by atoms with Crippen LogP contribution in [-0.2, 0) is 21.1 Å². The number of benzene rings is 2. The first-order valence-electron chi connectivity index (χ1n) is 12.0. The van der Waals surface area contributed by atoms with E-state index in [1.54, 1.807) is 42.6 Å². The van der Waals surface area contributed by atoms with E-state index in [0.29, 0.717) is 22.6 Å². The highest BCUT2D eigenvalue weighted by Crippen LogP contribution is 2.41. The van der Waals surface area contributed by atoms with Gasteiger partial charge in [-0.05, 0) is 73.9 Å². The highest BCUT2D eigenvalue weighted by atomic mass is 32.2. The van der Waals surface area contributed by atoms with E-state index in [1.165, 1.54) is 11.8 Å². The largest absolute Gasteiger partial charge is 0.497 e. The van der Waals surface area contributed by atoms with Crippen molar-refractivity contribution >= 4 is 27.6 Å². The van der Waals surface area contributed by atoms with E-state index >= 15 is 0 Å². The summed E-state index contributed by atoms with van der Waals surface area (Å²) in [6.07, 6.45) is 5.15. The number of carbonyl (C=O) groups is 1. The van der Waals surface area contributed by atoms with E-state index in [2.05, 4.69) is 10.3 Å². The number of thioether (sulfide) groups is 1. The Kier molecular flexibility index (Phi) is 8.35. The Morgan fingerprint density at radius 1 is 1.06 bits per heavy atom. The fourth-order valence-electron chi connectivity index (χ4n) is 4.41. The molecule has 0 spiro atoms. The van der Waals surface area contributed by atoms with Gasteiger partial charge in [0, 0.05) is 11.5 Å². The van der Waals surface area contributed by atoms with Gasteiger partial charge in [-0.2, -0.15) is 0 Å². The van der Waals surface area contributed by atoms with E-state index < -0.39 is 15.8 Å². The molecule has 3 aromatic rings. The molecule has 1 aliphatic rings. The first-order chi connectivity index (χ1) is 17.3. The predicted molar refractivity (Wildman–Crippen MR) is 138 cm³/mol. The van der Waals surface area contributed by atoms with Gasteiger partial charge in [0.1, 0.15) is 10.8 Å². The van der Waals surface area contributed by atoms with E-state index in [0.717, 1.165) is 42.0 Å². The molecule has 36 heavy (non-hydrogen) atoms. The van der Waals surface area contributed by atoms with Crippen LogP contribution in [0.15, 0.2) is 58.5 Å². The Morgan fingerprint density at radius 2 is 1.72 bits per heavy atom. The zero-order chi connectivity index (χ0) is 25.7. The van der Waals surface area contributed by atoms with Gasteiger partial charge in [-0.15, -0.1) is 16.9 Å². The average molecular weight is 530 g/mol. The minimum absolute atomic E-state index is 0.258. The second kappa shape index (κ2) is 11.5. The van der Waals surface area contributed by atoms with Crippen molar-refractivity contribution in [3.05, 3.63) is 65.4 Å². The van der Waals surface area contributed by atoms with Crippen LogP contribution in [0.2, 0.25) is 0 Å². The summed E-state index contributed by atoms with van der Waals surface area (Å²) in [7, 11) is -1.56. The Morgan fingerprint density at radius 3 is 2.31 bits per heavy atom. The number of methoxy groups -OCH3 is 1. The maximum Gasteiger partial charge on any atom is 0.361 e. The molecule has 0 aliphatic heterocycles. The highest BCUT2D eigenvalue weighted by molar-refractivity contribution is 8.00. The number of sulfone groups is 1. The number of nitrogens with zero attached hydrogens (tertiary/aromatic N) is 3. The van der Waals surface area contributed by atoms with Crippen LogP contribution in [0.25, 0.3) is 0 Å². The zero-order valence-electron chi connectivity index (χ0n) is 20.7. The van der Waals surface area contributed by atoms with Gasteiger partial charge in [-0.25, -0.2) is 17.9 Å². The molecule has 1 aromatic heterocycles. The molecule has 0 bridgehead atoms. The van der Waals surface area contributed by atoms with Crippen molar-refractivity contribution in [2.24, 2.45) is 0 Å². The molecule has 0 amide bonds. The standard InChI is InChI=1S/C26H31N3O5S2/c1-4-34-26(30)24-25(29(28-27-24)17-18-5-11-21(33-2)12-6-18)35-22-13-7-19(8-14-22)20-9-15-23(16-10-20)36(3,31)32/h5-6,9-12,15-16,19,22H,4,7-8,13-14,17H2,1-3H3/t19-,22-. The Bertz CT molecular complexity index is 1280. The number of hydrogen-bond donors (Lipinski definition) is 0. The maximum absolute atomic E-state index is 12.6. The third-order valence-electron chi connectivity index (χ3n) is 6.38. The first-order valence-corrected chi connectivity index (χ1v) is 14.8. The van der Waals surface area contributed by atoms with Crippen molar-refractivity contribution < 1.29 is 22.7 Å². The average Bonchev–Trinajstić information content (AvgIpc) is 3.26. The monoisotopic (exact) mass is 529 g/mol. The van der Waals surface area contributed by atoms with Crippen LogP contribution in [0.1, 0.15) is 60.1 Å². The van der Waals surface area contributed by atoms with Crippen LogP contribution in [0.4, 0.5) is 0 Å². The second-order valence-corrected chi connectivity index (χ2v) is 12.2. The minimum Gasteiger partial charge on any atom is -0.497 e. The number of rotatable bonds is 9. The maximum atomic E-state index is 12.6. The first kappa shape index (κ1) is 26.2. The van der Waals surface area contributed by atoms with E-state index in [1.807, 2.05) is 36.4 Å². The van der Waals surface area contributed by atoms with Crippen molar-refractivity contribution in [1.29, 1.82) is 0 Å². The summed E-state index contributed by atoms with van der Waals surface area (Å²) < 4.78 is 35.7. The molecule has 0 radical (unpaired) electrons. The Balaban J connectivity index is 1.46. The Hall–Kier alpha value is -2.85. The van der Waals surface area contributed by atoms with Crippen LogP contribution in [0, 0.1) is 0 Å². The van der Waals surface area contributed by atoms with Gasteiger partial charge < -0.3 is 9.47 Å². The summed E-state index contributed by atoms with van der Waals surface area (Å²) in [5.74, 6) is 0.713. The lowest BCUT2D eigenvalue weighted by Gasteiger charge is -2.28. The van der Waals surface area contributed by atoms with Crippen LogP contribution >= 0.6 is 11.8 Å². The number of aromatic nitrogens is 3. The summed E-state index contributed by atoms with van der Waals surface area (Å²) in [6.45, 7) is 2.54. The molecule has 0 saturated heterocycles. The van der Waals surface area contributed by atoms with Crippen molar-refractivity contribution in [2.75, 3.05) is 20.0 Å². The summed E-state index contributed by atoms with van der Waals surface area (Å²) in [5.41, 5.74) is 2.46. The van der Waals surface area contributed by atoms with Crippen LogP contribution in [-0.4, -0.2) is 54.6 Å². The lowest BCUT2D eigenvalue weighted by Crippen LogP contribution is -2.17. The summed E-state index contributed by atoms with van der Waals surface area (Å²) in [6, 6.07) is 15.0. The SMILES string of the molecule is CCOC(=O)c1nnn(Cc2ccc(OC)cc2)c1S[C@H]1CC[C@H](c2ccc(S(C)(=O)=O)cc2)CC1. The quantitative estimate of drug-likeness (QED) is 0.367. The third kappa shape index (κ3) is 6.28. The van der Waals surface area contributed by atoms with Gasteiger partial charge in [0.2, 0.25) is 5.69 Å². The minimum atomic E-state index is -3.20. The van der Waals surface area contributed by atoms with Crippen molar-refractivity contribution in [2.45, 2.75) is 60.2 Å². The van der Waals surface area contributed by atoms with E-state index in [-0.39, 0.29) is 12.3 Å². The molecule has 0 N–H and O–H groups in total. The summed E-state index contributed by atoms with van der Waals surface area (Å²) in [4.78, 5) is 12.9. The normalized spacial score (nSPS) is 18.1. The van der Waals surface area contributed by atoms with E-state index in [4.69, 9.17) is 9.47 Å². The lowest BCUT2D eigenvalue weighted by atomic mass is 9.84. The number of ether oxygens (including phenoxy) is 2. The van der Waals surface area contributed by atoms with E-state index in [9.17, 15) is 13.2 Å². The van der Waals surface area contributed by atoms with Gasteiger partial charge in [-0.1, -0.05) is 29.5 Å². The molecule has 1 heterocycles. The molecular formula is C26H31N3O5S2. The molecule has 4 rings (SSSR count). The molecule has 1 fully saturated rings. The molecule has 0 unspecified atom stereocenters. The summed E-state index contributed by atoms with van der Waals surface area (Å²) >= 11 is 1.64. The van der Waals surface area contributed by atoms with Gasteiger partial charge in [0.25, 0.3) is 0 Å². The number of esters is 1. The fourth-order valence-corrected chi connectivity index (χ4v) is 6.33. The molecule has 2 aromatic carbocycles. The van der Waals surface area contributed by atoms with Crippen molar-refractivity contribution in [3.63, 3.8) is 0 Å². The lowest BCUT2D eigenvalue weighted by molar-refractivity contribution is 0.0514. The number of hydrogen-bond acceptors (Lipinski definition) is 8. The van der Waals surface area contributed by atoms with Gasteiger partial charge >= 0.3 is 5.97 Å². The molecule has 0 atom stereocenters. The molecule has 1 aliphatic carbocycles. The molecule has 192 valence electrons. The fraction of sp³-hybridized carbons (Fsp3) is 0.423. The van der Waals surface area contributed by atoms with Gasteiger partial charge in [0.05, 0.1) is 25.2 Å². The zero-order valence-corrected chi connectivity index (χ0v) is 22.3. The summed E-state index contributed by atoms with van der Waals surface area (Å²) in [5, 5.41) is 9.49. The third-order valence-corrected chi connectivity index (χ3v) is 8.94. The van der Waals surface area contributed by atoms with Gasteiger partial charge in [0.15, 0.2) is 9.84 Å². The molecule has 1 saturated carbocycles. The van der Waals surface area contributed by atoms with Crippen LogP contribution < -0.4 is 4.74 Å². The topological polar surface area (TPSA) is 100 Å². The van der Waals surface area contributed by atoms with Gasteiger partial charge in [-0.3, -0.25) is 0 Å².